The Morgan fingerprint density at radius 2 is 1.59 bits per heavy atom. The van der Waals surface area contributed by atoms with E-state index in [9.17, 15) is 19.5 Å². The number of hydrogen-bond acceptors (Lipinski definition) is 4. The van der Waals surface area contributed by atoms with Crippen LogP contribution in [0.25, 0.3) is 22.2 Å². The standard InChI is InChI=1S/C27H19BrN2O4/c28-13-3-8-21-19(9-13)20(27(33)34)11-22(29-21)12-1-4-14(5-2-12)30-25(31)23-15-6-7-16(18-10-17(15)18)24(23)26(30)32/h1-9,11,15-18,23-24H,10H2,(H,33,34). The van der Waals surface area contributed by atoms with Gasteiger partial charge in [0.05, 0.1) is 34.3 Å². The maximum atomic E-state index is 13.3. The summed E-state index contributed by atoms with van der Waals surface area (Å²) < 4.78 is 0.780. The highest BCUT2D eigenvalue weighted by Gasteiger charge is 2.67. The van der Waals surface area contributed by atoms with Crippen molar-refractivity contribution < 1.29 is 19.5 Å². The number of aromatic nitrogens is 1. The first kappa shape index (κ1) is 20.1. The number of pyridine rings is 1. The highest BCUT2D eigenvalue weighted by atomic mass is 79.9. The Balaban J connectivity index is 1.24. The molecule has 168 valence electrons. The summed E-state index contributed by atoms with van der Waals surface area (Å²) in [7, 11) is 0. The van der Waals surface area contributed by atoms with Gasteiger partial charge in [-0.1, -0.05) is 40.2 Å². The number of carboxylic acid groups (broad SMARTS) is 1. The van der Waals surface area contributed by atoms with Gasteiger partial charge in [0.15, 0.2) is 0 Å². The van der Waals surface area contributed by atoms with Gasteiger partial charge in [-0.05, 0) is 66.5 Å². The van der Waals surface area contributed by atoms with Gasteiger partial charge in [0, 0.05) is 15.4 Å². The van der Waals surface area contributed by atoms with Gasteiger partial charge in [-0.15, -0.1) is 0 Å². The fourth-order valence-electron chi connectivity index (χ4n) is 6.52. The zero-order valence-corrected chi connectivity index (χ0v) is 19.5. The number of imide groups is 1. The minimum atomic E-state index is -1.03. The molecule has 6 nitrogen and oxygen atoms in total. The largest absolute Gasteiger partial charge is 0.478 e. The van der Waals surface area contributed by atoms with E-state index in [1.54, 1.807) is 42.5 Å². The van der Waals surface area contributed by atoms with Crippen LogP contribution in [-0.4, -0.2) is 27.9 Å². The van der Waals surface area contributed by atoms with Crippen molar-refractivity contribution in [3.8, 4) is 11.3 Å². The average molecular weight is 515 g/mol. The number of hydrogen-bond donors (Lipinski definition) is 1. The number of fused-ring (bicyclic) bond motifs is 1. The summed E-state index contributed by atoms with van der Waals surface area (Å²) >= 11 is 3.38. The summed E-state index contributed by atoms with van der Waals surface area (Å²) in [5.74, 6) is -0.146. The molecule has 5 aliphatic rings. The topological polar surface area (TPSA) is 87.6 Å². The van der Waals surface area contributed by atoms with E-state index in [0.717, 1.165) is 16.5 Å². The van der Waals surface area contributed by atoms with Crippen LogP contribution in [0.3, 0.4) is 0 Å². The van der Waals surface area contributed by atoms with Crippen LogP contribution in [0, 0.1) is 35.5 Å². The predicted octanol–water partition coefficient (Wildman–Crippen LogP) is 4.92. The summed E-state index contributed by atoms with van der Waals surface area (Å²) in [4.78, 5) is 44.6. The highest BCUT2D eigenvalue weighted by molar-refractivity contribution is 9.10. The zero-order chi connectivity index (χ0) is 23.3. The van der Waals surface area contributed by atoms with E-state index < -0.39 is 5.97 Å². The Morgan fingerprint density at radius 3 is 2.21 bits per heavy atom. The number of halogens is 1. The molecule has 3 fully saturated rings. The number of carboxylic acids is 1. The highest BCUT2D eigenvalue weighted by Crippen LogP contribution is 2.65. The van der Waals surface area contributed by atoms with Crippen LogP contribution in [0.1, 0.15) is 16.8 Å². The lowest BCUT2D eigenvalue weighted by atomic mass is 9.63. The van der Waals surface area contributed by atoms with Crippen LogP contribution >= 0.6 is 15.9 Å². The van der Waals surface area contributed by atoms with E-state index in [-0.39, 0.29) is 41.0 Å². The van der Waals surface area contributed by atoms with Crippen LogP contribution < -0.4 is 4.90 Å². The normalized spacial score (nSPS) is 30.6. The molecule has 6 atom stereocenters. The lowest BCUT2D eigenvalue weighted by Crippen LogP contribution is -2.40. The van der Waals surface area contributed by atoms with Crippen molar-refractivity contribution in [2.75, 3.05) is 4.90 Å². The third-order valence-electron chi connectivity index (χ3n) is 8.09. The van der Waals surface area contributed by atoms with Crippen LogP contribution in [0.2, 0.25) is 0 Å². The minimum Gasteiger partial charge on any atom is -0.478 e. The smallest absolute Gasteiger partial charge is 0.336 e. The first-order valence-electron chi connectivity index (χ1n) is 11.4. The van der Waals surface area contributed by atoms with Gasteiger partial charge < -0.3 is 5.11 Å². The SMILES string of the molecule is O=C(O)c1cc(-c2ccc(N3C(=O)C4C5C=CC(C6CC56)C4C3=O)cc2)nc2ccc(Br)cc12. The quantitative estimate of drug-likeness (QED) is 0.395. The molecule has 1 saturated heterocycles. The Hall–Kier alpha value is -3.32. The van der Waals surface area contributed by atoms with Crippen LogP contribution in [0.4, 0.5) is 5.69 Å². The lowest BCUT2D eigenvalue weighted by molar-refractivity contribution is -0.124. The minimum absolute atomic E-state index is 0.0879. The number of carbonyl (C=O) groups is 3. The first-order valence-corrected chi connectivity index (χ1v) is 12.2. The number of amides is 2. The summed E-state index contributed by atoms with van der Waals surface area (Å²) in [5, 5.41) is 10.3. The van der Waals surface area contributed by atoms with Gasteiger partial charge in [-0.2, -0.15) is 0 Å². The van der Waals surface area contributed by atoms with Crippen LogP contribution in [-0.2, 0) is 9.59 Å². The summed E-state index contributed by atoms with van der Waals surface area (Å²) in [6.45, 7) is 0. The number of aromatic carboxylic acids is 1. The van der Waals surface area contributed by atoms with Crippen molar-refractivity contribution in [2.24, 2.45) is 35.5 Å². The van der Waals surface area contributed by atoms with Crippen LogP contribution in [0.5, 0.6) is 0 Å². The number of nitrogens with zero attached hydrogens (tertiary/aromatic N) is 2. The van der Waals surface area contributed by atoms with E-state index >= 15 is 0 Å². The molecular formula is C27H19BrN2O4. The number of benzene rings is 2. The third kappa shape index (κ3) is 2.67. The molecule has 2 bridgehead atoms. The molecule has 2 saturated carbocycles. The molecule has 0 spiro atoms. The molecule has 1 aliphatic heterocycles. The first-order chi connectivity index (χ1) is 16.4. The molecule has 7 heteroatoms. The second-order valence-electron chi connectivity index (χ2n) is 9.74. The Bertz CT molecular complexity index is 1430. The molecule has 2 amide bonds. The molecule has 8 rings (SSSR count). The van der Waals surface area contributed by atoms with Gasteiger partial charge >= 0.3 is 5.97 Å². The number of rotatable bonds is 3. The van der Waals surface area contributed by atoms with Gasteiger partial charge in [-0.25, -0.2) is 9.78 Å². The fraction of sp³-hybridized carbons (Fsp3) is 0.259. The lowest BCUT2D eigenvalue weighted by Gasteiger charge is -2.37. The molecule has 2 aromatic carbocycles. The third-order valence-corrected chi connectivity index (χ3v) is 8.58. The average Bonchev–Trinajstić information content (AvgIpc) is 3.61. The molecular weight excluding hydrogens is 496 g/mol. The number of carbonyl (C=O) groups excluding carboxylic acids is 2. The number of allylic oxidation sites excluding steroid dienone is 2. The van der Waals surface area contributed by atoms with Crippen molar-refractivity contribution in [1.82, 2.24) is 4.98 Å². The van der Waals surface area contributed by atoms with Gasteiger partial charge in [-0.3, -0.25) is 14.5 Å². The fourth-order valence-corrected chi connectivity index (χ4v) is 6.88. The van der Waals surface area contributed by atoms with E-state index in [1.165, 1.54) is 4.90 Å². The van der Waals surface area contributed by atoms with Crippen molar-refractivity contribution >= 4 is 50.3 Å². The van der Waals surface area contributed by atoms with E-state index in [4.69, 9.17) is 0 Å². The Morgan fingerprint density at radius 1 is 0.941 bits per heavy atom. The van der Waals surface area contributed by atoms with Gasteiger partial charge in [0.1, 0.15) is 0 Å². The molecule has 3 aromatic rings. The van der Waals surface area contributed by atoms with Crippen molar-refractivity contribution in [2.45, 2.75) is 6.42 Å². The maximum absolute atomic E-state index is 13.3. The summed E-state index contributed by atoms with van der Waals surface area (Å²) in [6, 6.07) is 14.0. The maximum Gasteiger partial charge on any atom is 0.336 e. The van der Waals surface area contributed by atoms with Crippen molar-refractivity contribution in [3.63, 3.8) is 0 Å². The molecule has 1 N–H and O–H groups in total. The van der Waals surface area contributed by atoms with E-state index in [0.29, 0.717) is 34.1 Å². The molecule has 0 radical (unpaired) electrons. The van der Waals surface area contributed by atoms with Crippen LogP contribution in [0.15, 0.2) is 65.2 Å². The van der Waals surface area contributed by atoms with E-state index in [1.807, 2.05) is 6.07 Å². The molecule has 2 heterocycles. The molecule has 1 aromatic heterocycles. The second-order valence-corrected chi connectivity index (χ2v) is 10.7. The Labute approximate surface area is 203 Å². The van der Waals surface area contributed by atoms with Gasteiger partial charge in [0.2, 0.25) is 11.8 Å². The van der Waals surface area contributed by atoms with Crippen molar-refractivity contribution in [1.29, 1.82) is 0 Å². The van der Waals surface area contributed by atoms with E-state index in [2.05, 4.69) is 33.1 Å². The summed E-state index contributed by atoms with van der Waals surface area (Å²) in [6.07, 6.45) is 5.47. The zero-order valence-electron chi connectivity index (χ0n) is 17.9. The van der Waals surface area contributed by atoms with Crippen molar-refractivity contribution in [3.05, 3.63) is 70.7 Å². The second kappa shape index (κ2) is 6.85. The van der Waals surface area contributed by atoms with Gasteiger partial charge in [0.25, 0.3) is 0 Å². The molecule has 6 unspecified atom stereocenters. The Kier molecular flexibility index (Phi) is 4.05. The monoisotopic (exact) mass is 514 g/mol. The summed E-state index contributed by atoms with van der Waals surface area (Å²) in [5.41, 5.74) is 2.55. The molecule has 34 heavy (non-hydrogen) atoms. The molecule has 4 aliphatic carbocycles. The number of anilines is 1. The predicted molar refractivity (Wildman–Crippen MR) is 129 cm³/mol.